The van der Waals surface area contributed by atoms with E-state index in [1.807, 2.05) is 0 Å². The Morgan fingerprint density at radius 1 is 0.362 bits per heavy atom. The number of benzene rings is 4. The summed E-state index contributed by atoms with van der Waals surface area (Å²) in [7, 11) is 0. The number of carbonyl (C=O) groups excluding carboxylic acids is 9. The van der Waals surface area contributed by atoms with Crippen molar-refractivity contribution in [3.63, 3.8) is 0 Å². The maximum Gasteiger partial charge on any atom is 0.347 e. The van der Waals surface area contributed by atoms with E-state index in [0.29, 0.717) is 0 Å². The van der Waals surface area contributed by atoms with Crippen LogP contribution in [-0.2, 0) is 18.9 Å². The van der Waals surface area contributed by atoms with E-state index in [1.165, 1.54) is 72.8 Å². The summed E-state index contributed by atoms with van der Waals surface area (Å²) in [5.74, 6) is -5.91. The molecule has 47 heavy (non-hydrogen) atoms. The van der Waals surface area contributed by atoms with Crippen LogP contribution in [0.3, 0.4) is 0 Å². The maximum atomic E-state index is 12.5. The molecule has 4 aromatic carbocycles. The number of cyclic esters (lactones) is 8. The van der Waals surface area contributed by atoms with Crippen LogP contribution in [0.1, 0.15) is 98.8 Å². The molecule has 14 nitrogen and oxygen atoms in total. The number of ketones is 1. The molecule has 228 valence electrons. The molecular weight excluding hydrogens is 620 g/mol. The lowest BCUT2D eigenvalue weighted by Gasteiger charge is -2.06. The van der Waals surface area contributed by atoms with E-state index >= 15 is 0 Å². The Morgan fingerprint density at radius 2 is 0.638 bits per heavy atom. The number of hydrogen-bond acceptors (Lipinski definition) is 14. The molecule has 0 aliphatic carbocycles. The van der Waals surface area contributed by atoms with Crippen molar-refractivity contribution in [3.05, 3.63) is 128 Å². The highest BCUT2D eigenvalue weighted by molar-refractivity contribution is 6.19. The molecule has 0 unspecified atom stereocenters. The van der Waals surface area contributed by atoms with Crippen LogP contribution in [0.25, 0.3) is 0 Å². The minimum absolute atomic E-state index is 0.0154. The molecule has 4 aromatic rings. The van der Waals surface area contributed by atoms with Crippen LogP contribution in [0.5, 0.6) is 11.5 Å². The topological polar surface area (TPSA) is 200 Å². The monoisotopic (exact) mass is 632 g/mol. The molecule has 0 amide bonds. The molecule has 8 rings (SSSR count). The number of ether oxygens (including phenoxy) is 5. The molecule has 0 N–H and O–H groups in total. The van der Waals surface area contributed by atoms with Crippen molar-refractivity contribution < 1.29 is 66.8 Å². The van der Waals surface area contributed by atoms with Gasteiger partial charge < -0.3 is 23.7 Å². The van der Waals surface area contributed by atoms with Crippen molar-refractivity contribution in [1.82, 2.24) is 0 Å². The third kappa shape index (κ3) is 4.82. The third-order valence-corrected chi connectivity index (χ3v) is 7.28. The molecule has 4 aliphatic rings. The number of rotatable bonds is 4. The molecule has 4 heterocycles. The number of carbonyl (C=O) groups is 9. The third-order valence-electron chi connectivity index (χ3n) is 7.28. The minimum Gasteiger partial charge on any atom is -0.457 e. The minimum atomic E-state index is -0.812. The lowest BCUT2D eigenvalue weighted by atomic mass is 9.96. The molecule has 0 spiro atoms. The standard InChI is InChI=1S/C17H6O7.C16H6O7/c18-13(7-1-3-9-11(5-7)16(21)23-14(9)19)8-2-4-10-12(6-8)17(22)24-15(10)20;17-13-9-3-1-7(5-11(9)15(19)22-13)21-8-2-4-10-12(6-8)16(20)23-14(10)18/h1-6H;1-6H. The zero-order chi connectivity index (χ0) is 33.1. The summed E-state index contributed by atoms with van der Waals surface area (Å²) < 4.78 is 23.5. The van der Waals surface area contributed by atoms with Gasteiger partial charge in [0.1, 0.15) is 11.5 Å². The summed E-state index contributed by atoms with van der Waals surface area (Å²) in [6.45, 7) is 0. The Morgan fingerprint density at radius 3 is 0.979 bits per heavy atom. The van der Waals surface area contributed by atoms with Crippen molar-refractivity contribution >= 4 is 53.5 Å². The normalized spacial score (nSPS) is 15.1. The molecule has 0 aromatic heterocycles. The number of hydrogen-bond donors (Lipinski definition) is 0. The Hall–Kier alpha value is -7.09. The number of esters is 8. The summed E-state index contributed by atoms with van der Waals surface area (Å²) in [5, 5.41) is 0. The highest BCUT2D eigenvalue weighted by atomic mass is 16.6. The molecular formula is C33H12O14. The second-order valence-corrected chi connectivity index (χ2v) is 10.1. The van der Waals surface area contributed by atoms with Crippen LogP contribution in [0.4, 0.5) is 0 Å². The predicted octanol–water partition coefficient (Wildman–Crippen LogP) is 3.64. The number of fused-ring (bicyclic) bond motifs is 4. The molecule has 0 radical (unpaired) electrons. The Balaban J connectivity index is 0.000000150. The van der Waals surface area contributed by atoms with Gasteiger partial charge >= 0.3 is 47.8 Å². The van der Waals surface area contributed by atoms with Gasteiger partial charge in [0.25, 0.3) is 0 Å². The average Bonchev–Trinajstić information content (AvgIpc) is 3.72. The zero-order valence-corrected chi connectivity index (χ0v) is 23.1. The van der Waals surface area contributed by atoms with E-state index in [-0.39, 0.29) is 67.1 Å². The molecule has 0 saturated heterocycles. The van der Waals surface area contributed by atoms with Crippen LogP contribution in [-0.4, -0.2) is 53.5 Å². The van der Waals surface area contributed by atoms with Crippen molar-refractivity contribution in [2.24, 2.45) is 0 Å². The highest BCUT2D eigenvalue weighted by Crippen LogP contribution is 2.31. The van der Waals surface area contributed by atoms with Gasteiger partial charge in [-0.1, -0.05) is 12.1 Å². The molecule has 0 atom stereocenters. The molecule has 4 aliphatic heterocycles. The second-order valence-electron chi connectivity index (χ2n) is 10.1. The first-order valence-electron chi connectivity index (χ1n) is 13.3. The quantitative estimate of drug-likeness (QED) is 0.137. The van der Waals surface area contributed by atoms with Gasteiger partial charge in [-0.25, -0.2) is 38.4 Å². The SMILES string of the molecule is O=C(c1ccc2c(c1)C(=O)OC2=O)c1ccc2c(c1)C(=O)OC2=O.O=C1OC(=O)c2cc(Oc3ccc4c(c3)C(=O)OC4=O)ccc21. The van der Waals surface area contributed by atoms with Crippen LogP contribution >= 0.6 is 0 Å². The van der Waals surface area contributed by atoms with Gasteiger partial charge in [-0.3, -0.25) is 4.79 Å². The van der Waals surface area contributed by atoms with Crippen molar-refractivity contribution in [3.8, 4) is 11.5 Å². The van der Waals surface area contributed by atoms with Gasteiger partial charge in [0.05, 0.1) is 44.5 Å². The van der Waals surface area contributed by atoms with E-state index < -0.39 is 53.5 Å². The van der Waals surface area contributed by atoms with Gasteiger partial charge in [-0.2, -0.15) is 0 Å². The first-order chi connectivity index (χ1) is 22.5. The van der Waals surface area contributed by atoms with E-state index in [0.717, 1.165) is 0 Å². The Bertz CT molecular complexity index is 2090. The van der Waals surface area contributed by atoms with E-state index in [9.17, 15) is 43.2 Å². The summed E-state index contributed by atoms with van der Waals surface area (Å²) in [4.78, 5) is 104. The first-order valence-corrected chi connectivity index (χ1v) is 13.3. The van der Waals surface area contributed by atoms with Crippen LogP contribution in [0, 0.1) is 0 Å². The maximum absolute atomic E-state index is 12.5. The van der Waals surface area contributed by atoms with Crippen LogP contribution in [0.15, 0.2) is 72.8 Å². The fraction of sp³-hybridized carbons (Fsp3) is 0. The van der Waals surface area contributed by atoms with Gasteiger partial charge in [-0.05, 0) is 60.7 Å². The summed E-state index contributed by atoms with van der Waals surface area (Å²) in [6, 6.07) is 16.6. The van der Waals surface area contributed by atoms with E-state index in [1.54, 1.807) is 0 Å². The summed E-state index contributed by atoms with van der Waals surface area (Å²) in [5.41, 5.74) is 1.10. The molecule has 0 bridgehead atoms. The zero-order valence-electron chi connectivity index (χ0n) is 23.1. The predicted molar refractivity (Wildman–Crippen MR) is 148 cm³/mol. The Kier molecular flexibility index (Phi) is 6.42. The fourth-order valence-corrected chi connectivity index (χ4v) is 5.01. The molecule has 0 fully saturated rings. The average molecular weight is 632 g/mol. The first kappa shape index (κ1) is 28.7. The second kappa shape index (κ2) is 10.5. The van der Waals surface area contributed by atoms with Gasteiger partial charge in [-0.15, -0.1) is 0 Å². The summed E-state index contributed by atoms with van der Waals surface area (Å²) in [6.07, 6.45) is 0. The fourth-order valence-electron chi connectivity index (χ4n) is 5.01. The van der Waals surface area contributed by atoms with Crippen LogP contribution < -0.4 is 4.74 Å². The largest absolute Gasteiger partial charge is 0.457 e. The van der Waals surface area contributed by atoms with Gasteiger partial charge in [0.15, 0.2) is 5.78 Å². The van der Waals surface area contributed by atoms with E-state index in [4.69, 9.17) is 4.74 Å². The van der Waals surface area contributed by atoms with Gasteiger partial charge in [0.2, 0.25) is 0 Å². The highest BCUT2D eigenvalue weighted by Gasteiger charge is 2.34. The molecule has 14 heteroatoms. The lowest BCUT2D eigenvalue weighted by molar-refractivity contribution is 0.0425. The summed E-state index contributed by atoms with van der Waals surface area (Å²) >= 11 is 0. The van der Waals surface area contributed by atoms with Crippen molar-refractivity contribution in [1.29, 1.82) is 0 Å². The smallest absolute Gasteiger partial charge is 0.347 e. The molecule has 0 saturated carbocycles. The van der Waals surface area contributed by atoms with Crippen molar-refractivity contribution in [2.75, 3.05) is 0 Å². The van der Waals surface area contributed by atoms with E-state index in [2.05, 4.69) is 18.9 Å². The van der Waals surface area contributed by atoms with Crippen LogP contribution in [0.2, 0.25) is 0 Å². The Labute approximate surface area is 260 Å². The van der Waals surface area contributed by atoms with Gasteiger partial charge in [0, 0.05) is 11.1 Å². The van der Waals surface area contributed by atoms with Crippen molar-refractivity contribution in [2.45, 2.75) is 0 Å². The lowest BCUT2D eigenvalue weighted by Crippen LogP contribution is -2.05.